The molecular formula is C9H20N2O2. The molecule has 0 amide bonds. The van der Waals surface area contributed by atoms with Gasteiger partial charge in [-0.2, -0.15) is 0 Å². The minimum Gasteiger partial charge on any atom is -0.389 e. The summed E-state index contributed by atoms with van der Waals surface area (Å²) in [6.07, 6.45) is 0.00520. The van der Waals surface area contributed by atoms with Crippen LogP contribution < -0.4 is 0 Å². The highest BCUT2D eigenvalue weighted by Crippen LogP contribution is 2.09. The molecule has 0 aliphatic carbocycles. The summed E-state index contributed by atoms with van der Waals surface area (Å²) in [6.45, 7) is 3.26. The van der Waals surface area contributed by atoms with Crippen molar-refractivity contribution in [1.29, 1.82) is 0 Å². The molecule has 0 spiro atoms. The lowest BCUT2D eigenvalue weighted by molar-refractivity contribution is 0.0572. The zero-order chi connectivity index (χ0) is 9.84. The van der Waals surface area contributed by atoms with Crippen LogP contribution in [-0.4, -0.2) is 72.5 Å². The lowest BCUT2D eigenvalue weighted by atomic mass is 10.3. The summed E-state index contributed by atoms with van der Waals surface area (Å²) in [5.41, 5.74) is 0. The van der Waals surface area contributed by atoms with Crippen LogP contribution in [0.25, 0.3) is 0 Å². The second-order valence-electron chi connectivity index (χ2n) is 4.05. The van der Waals surface area contributed by atoms with Crippen LogP contribution in [0.5, 0.6) is 0 Å². The van der Waals surface area contributed by atoms with Crippen LogP contribution in [0, 0.1) is 0 Å². The van der Waals surface area contributed by atoms with Gasteiger partial charge >= 0.3 is 0 Å². The largest absolute Gasteiger partial charge is 0.389 e. The van der Waals surface area contributed by atoms with E-state index in [1.807, 2.05) is 14.1 Å². The Morgan fingerprint density at radius 1 is 1.23 bits per heavy atom. The van der Waals surface area contributed by atoms with Crippen molar-refractivity contribution in [2.75, 3.05) is 40.3 Å². The Balaban J connectivity index is 2.10. The second kappa shape index (κ2) is 4.91. The Morgan fingerprint density at radius 3 is 2.23 bits per heavy atom. The lowest BCUT2D eigenvalue weighted by Gasteiger charge is -2.16. The fourth-order valence-corrected chi connectivity index (χ4v) is 1.64. The second-order valence-corrected chi connectivity index (χ2v) is 4.05. The molecule has 13 heavy (non-hydrogen) atoms. The Labute approximate surface area is 79.8 Å². The van der Waals surface area contributed by atoms with Crippen LogP contribution >= 0.6 is 0 Å². The average Bonchev–Trinajstić information content (AvgIpc) is 2.30. The smallest absolute Gasteiger partial charge is 0.0938 e. The van der Waals surface area contributed by atoms with Crippen LogP contribution in [0.1, 0.15) is 6.42 Å². The molecule has 1 aliphatic heterocycles. The van der Waals surface area contributed by atoms with E-state index in [9.17, 15) is 10.2 Å². The topological polar surface area (TPSA) is 46.9 Å². The summed E-state index contributed by atoms with van der Waals surface area (Å²) in [4.78, 5) is 4.25. The third kappa shape index (κ3) is 3.60. The van der Waals surface area contributed by atoms with Crippen LogP contribution in [0.3, 0.4) is 0 Å². The van der Waals surface area contributed by atoms with E-state index >= 15 is 0 Å². The molecule has 78 valence electrons. The van der Waals surface area contributed by atoms with E-state index in [-0.39, 0.29) is 0 Å². The predicted molar refractivity (Wildman–Crippen MR) is 51.6 cm³/mol. The number of likely N-dealkylation sites (tertiary alicyclic amines) is 1. The van der Waals surface area contributed by atoms with Crippen molar-refractivity contribution in [3.8, 4) is 0 Å². The highest BCUT2D eigenvalue weighted by atomic mass is 16.3. The van der Waals surface area contributed by atoms with Gasteiger partial charge in [0.25, 0.3) is 0 Å². The van der Waals surface area contributed by atoms with Gasteiger partial charge < -0.3 is 15.1 Å². The molecule has 1 fully saturated rings. The number of rotatable bonds is 4. The van der Waals surface area contributed by atoms with Crippen molar-refractivity contribution >= 4 is 0 Å². The van der Waals surface area contributed by atoms with Gasteiger partial charge in [-0.25, -0.2) is 0 Å². The SMILES string of the molecule is CN(C)CCCN1CC(O)C(O)C1. The van der Waals surface area contributed by atoms with Crippen LogP contribution in [0.4, 0.5) is 0 Å². The standard InChI is InChI=1S/C9H20N2O2/c1-10(2)4-3-5-11-6-8(12)9(13)7-11/h8-9,12-13H,3-7H2,1-2H3. The summed E-state index contributed by atoms with van der Waals surface area (Å²) >= 11 is 0. The first kappa shape index (κ1) is 10.9. The first-order valence-corrected chi connectivity index (χ1v) is 4.83. The zero-order valence-electron chi connectivity index (χ0n) is 8.48. The molecule has 2 N–H and O–H groups in total. The van der Waals surface area contributed by atoms with Gasteiger partial charge in [0.1, 0.15) is 0 Å². The van der Waals surface area contributed by atoms with Crippen LogP contribution in [0.2, 0.25) is 0 Å². The molecular weight excluding hydrogens is 168 g/mol. The van der Waals surface area contributed by atoms with Gasteiger partial charge in [-0.3, -0.25) is 4.90 Å². The minimum absolute atomic E-state index is 0.542. The minimum atomic E-state index is -0.542. The molecule has 4 nitrogen and oxygen atoms in total. The lowest BCUT2D eigenvalue weighted by Crippen LogP contribution is -2.26. The third-order valence-electron chi connectivity index (χ3n) is 2.41. The highest BCUT2D eigenvalue weighted by Gasteiger charge is 2.28. The Bertz CT molecular complexity index is 143. The third-order valence-corrected chi connectivity index (χ3v) is 2.41. The summed E-state index contributed by atoms with van der Waals surface area (Å²) in [5, 5.41) is 18.5. The van der Waals surface area contributed by atoms with E-state index in [1.165, 1.54) is 0 Å². The van der Waals surface area contributed by atoms with Gasteiger partial charge in [0.15, 0.2) is 0 Å². The molecule has 1 aliphatic rings. The van der Waals surface area contributed by atoms with E-state index in [0.29, 0.717) is 13.1 Å². The molecule has 1 heterocycles. The van der Waals surface area contributed by atoms with Crippen molar-refractivity contribution in [3.63, 3.8) is 0 Å². The van der Waals surface area contributed by atoms with Crippen LogP contribution in [0.15, 0.2) is 0 Å². The van der Waals surface area contributed by atoms with Crippen molar-refractivity contribution in [2.45, 2.75) is 18.6 Å². The molecule has 0 aromatic heterocycles. The van der Waals surface area contributed by atoms with Gasteiger partial charge in [-0.05, 0) is 33.6 Å². The maximum atomic E-state index is 9.27. The fourth-order valence-electron chi connectivity index (χ4n) is 1.64. The monoisotopic (exact) mass is 188 g/mol. The number of β-amino-alcohol motifs (C(OH)–C–C–N with tert-alkyl or cyclic N) is 2. The average molecular weight is 188 g/mol. The predicted octanol–water partition coefficient (Wildman–Crippen LogP) is -1.02. The van der Waals surface area contributed by atoms with E-state index in [1.54, 1.807) is 0 Å². The van der Waals surface area contributed by atoms with Crippen molar-refractivity contribution < 1.29 is 10.2 Å². The zero-order valence-corrected chi connectivity index (χ0v) is 8.48. The molecule has 2 atom stereocenters. The van der Waals surface area contributed by atoms with E-state index in [4.69, 9.17) is 0 Å². The summed E-state index contributed by atoms with van der Waals surface area (Å²) < 4.78 is 0. The maximum absolute atomic E-state index is 9.27. The van der Waals surface area contributed by atoms with Crippen LogP contribution in [-0.2, 0) is 0 Å². The quantitative estimate of drug-likeness (QED) is 0.592. The molecule has 2 unspecified atom stereocenters. The van der Waals surface area contributed by atoms with Gasteiger partial charge in [-0.15, -0.1) is 0 Å². The molecule has 0 saturated carbocycles. The maximum Gasteiger partial charge on any atom is 0.0938 e. The number of nitrogens with zero attached hydrogens (tertiary/aromatic N) is 2. The number of aliphatic hydroxyl groups is 2. The first-order valence-electron chi connectivity index (χ1n) is 4.83. The van der Waals surface area contributed by atoms with Crippen molar-refractivity contribution in [1.82, 2.24) is 9.80 Å². The number of hydrogen-bond donors (Lipinski definition) is 2. The van der Waals surface area contributed by atoms with Crippen molar-refractivity contribution in [3.05, 3.63) is 0 Å². The Morgan fingerprint density at radius 2 is 1.77 bits per heavy atom. The van der Waals surface area contributed by atoms with Gasteiger partial charge in [0.2, 0.25) is 0 Å². The van der Waals surface area contributed by atoms with E-state index < -0.39 is 12.2 Å². The van der Waals surface area contributed by atoms with Gasteiger partial charge in [0, 0.05) is 13.1 Å². The molecule has 1 rings (SSSR count). The Hall–Kier alpha value is -0.160. The molecule has 0 bridgehead atoms. The van der Waals surface area contributed by atoms with E-state index in [2.05, 4.69) is 9.80 Å². The summed E-state index contributed by atoms with van der Waals surface area (Å²) in [5.74, 6) is 0. The molecule has 0 radical (unpaired) electrons. The number of aliphatic hydroxyl groups excluding tert-OH is 2. The Kier molecular flexibility index (Phi) is 4.12. The van der Waals surface area contributed by atoms with Gasteiger partial charge in [-0.1, -0.05) is 0 Å². The normalized spacial score (nSPS) is 30.2. The highest BCUT2D eigenvalue weighted by molar-refractivity contribution is 4.82. The molecule has 4 heteroatoms. The number of hydrogen-bond acceptors (Lipinski definition) is 4. The summed E-state index contributed by atoms with van der Waals surface area (Å²) in [6, 6.07) is 0. The first-order chi connectivity index (χ1) is 6.09. The fraction of sp³-hybridized carbons (Fsp3) is 1.00. The van der Waals surface area contributed by atoms with E-state index in [0.717, 1.165) is 19.5 Å². The molecule has 0 aromatic carbocycles. The molecule has 0 aromatic rings. The van der Waals surface area contributed by atoms with Crippen molar-refractivity contribution in [2.24, 2.45) is 0 Å². The molecule has 1 saturated heterocycles. The van der Waals surface area contributed by atoms with Gasteiger partial charge in [0.05, 0.1) is 12.2 Å². The summed E-state index contributed by atoms with van der Waals surface area (Å²) in [7, 11) is 4.10.